The second-order valence-corrected chi connectivity index (χ2v) is 3.92. The average Bonchev–Trinajstić information content (AvgIpc) is 2.66. The summed E-state index contributed by atoms with van der Waals surface area (Å²) in [6, 6.07) is 16.8. The predicted octanol–water partition coefficient (Wildman–Crippen LogP) is 2.95. The van der Waals surface area contributed by atoms with Crippen LogP contribution >= 0.6 is 0 Å². The first-order chi connectivity index (χ1) is 8.18. The number of rotatable bonds is 0. The molecule has 0 saturated carbocycles. The molecule has 0 bridgehead atoms. The van der Waals surface area contributed by atoms with Crippen LogP contribution in [0.4, 0.5) is 0 Å². The van der Waals surface area contributed by atoms with Crippen molar-refractivity contribution in [3.63, 3.8) is 0 Å². The summed E-state index contributed by atoms with van der Waals surface area (Å²) in [7, 11) is -2.61. The molecular weight excluding hydrogens is 236 g/mol. The molecule has 1 aromatic heterocycles. The largest absolute Gasteiger partial charge is 0.355 e. The van der Waals surface area contributed by atoms with E-state index in [-0.39, 0.29) is 0 Å². The molecule has 0 spiro atoms. The third-order valence-corrected chi connectivity index (χ3v) is 2.41. The Morgan fingerprint density at radius 1 is 0.824 bits per heavy atom. The molecule has 0 radical (unpaired) electrons. The maximum atomic E-state index is 8.67. The van der Waals surface area contributed by atoms with E-state index in [0.717, 1.165) is 0 Å². The third-order valence-electron chi connectivity index (χ3n) is 2.41. The average molecular weight is 246 g/mol. The van der Waals surface area contributed by atoms with Crippen molar-refractivity contribution in [3.8, 4) is 0 Å². The van der Waals surface area contributed by atoms with E-state index in [0.29, 0.717) is 0 Å². The molecule has 5 heteroatoms. The van der Waals surface area contributed by atoms with Crippen LogP contribution < -0.4 is 0 Å². The summed E-state index contributed by atoms with van der Waals surface area (Å²) in [5.74, 6) is 0. The highest BCUT2D eigenvalue weighted by molar-refractivity contribution is 7.60. The molecule has 0 fully saturated rings. The molecule has 2 aromatic carbocycles. The molecule has 0 aliphatic carbocycles. The van der Waals surface area contributed by atoms with Gasteiger partial charge in [0.05, 0.1) is 0 Å². The zero-order chi connectivity index (χ0) is 12.3. The standard InChI is InChI=1S/C12H9N.HNO2S/c1-3-7-11-9(5-1)10-6-2-4-8-12(10)13-11;1-4(2)3/h1-8,13H;1H. The normalized spacial score (nSPS) is 9.88. The van der Waals surface area contributed by atoms with Crippen molar-refractivity contribution in [2.45, 2.75) is 0 Å². The van der Waals surface area contributed by atoms with Gasteiger partial charge in [0.15, 0.2) is 0 Å². The van der Waals surface area contributed by atoms with E-state index in [1.165, 1.54) is 21.8 Å². The highest BCUT2D eigenvalue weighted by atomic mass is 32.2. The molecule has 0 unspecified atom stereocenters. The van der Waals surface area contributed by atoms with Gasteiger partial charge in [-0.15, -0.1) is 0 Å². The van der Waals surface area contributed by atoms with Crippen LogP contribution in [0, 0.1) is 4.78 Å². The lowest BCUT2D eigenvalue weighted by atomic mass is 10.2. The van der Waals surface area contributed by atoms with Crippen molar-refractivity contribution < 1.29 is 8.42 Å². The summed E-state index contributed by atoms with van der Waals surface area (Å²) in [6.07, 6.45) is 0. The first kappa shape index (κ1) is 11.3. The summed E-state index contributed by atoms with van der Waals surface area (Å²) in [6.45, 7) is 0. The molecule has 0 amide bonds. The molecule has 0 saturated heterocycles. The van der Waals surface area contributed by atoms with Gasteiger partial charge in [-0.25, -0.2) is 0 Å². The quantitative estimate of drug-likeness (QED) is 0.640. The molecule has 3 aromatic rings. The van der Waals surface area contributed by atoms with Gasteiger partial charge in [0.25, 0.3) is 0 Å². The van der Waals surface area contributed by atoms with E-state index in [1.807, 2.05) is 0 Å². The van der Waals surface area contributed by atoms with E-state index < -0.39 is 10.5 Å². The van der Waals surface area contributed by atoms with Crippen LogP contribution in [0.25, 0.3) is 21.8 Å². The summed E-state index contributed by atoms with van der Waals surface area (Å²) in [5, 5.41) is 2.61. The summed E-state index contributed by atoms with van der Waals surface area (Å²) < 4.78 is 22.8. The van der Waals surface area contributed by atoms with Crippen molar-refractivity contribution in [1.29, 1.82) is 4.78 Å². The van der Waals surface area contributed by atoms with Crippen LogP contribution in [0.5, 0.6) is 0 Å². The minimum Gasteiger partial charge on any atom is -0.355 e. The van der Waals surface area contributed by atoms with Crippen LogP contribution in [0.2, 0.25) is 0 Å². The smallest absolute Gasteiger partial charge is 0.308 e. The topological polar surface area (TPSA) is 73.8 Å². The van der Waals surface area contributed by atoms with Crippen LogP contribution in [-0.2, 0) is 10.5 Å². The van der Waals surface area contributed by atoms with Crippen LogP contribution in [0.3, 0.4) is 0 Å². The fourth-order valence-corrected chi connectivity index (χ4v) is 1.80. The zero-order valence-corrected chi connectivity index (χ0v) is 9.66. The highest BCUT2D eigenvalue weighted by Gasteiger charge is 2.00. The SMILES string of the molecule is N=S(=O)=O.c1ccc2c(c1)[nH]c1ccccc12. The summed E-state index contributed by atoms with van der Waals surface area (Å²) >= 11 is 0. The van der Waals surface area contributed by atoms with Crippen LogP contribution in [0.1, 0.15) is 0 Å². The molecule has 3 rings (SSSR count). The molecule has 0 aliphatic heterocycles. The Bertz CT molecular complexity index is 703. The maximum absolute atomic E-state index is 8.67. The monoisotopic (exact) mass is 246 g/mol. The van der Waals surface area contributed by atoms with E-state index in [2.05, 4.69) is 53.5 Å². The molecule has 0 aliphatic rings. The maximum Gasteiger partial charge on any atom is 0.308 e. The highest BCUT2D eigenvalue weighted by Crippen LogP contribution is 2.24. The van der Waals surface area contributed by atoms with E-state index in [9.17, 15) is 0 Å². The van der Waals surface area contributed by atoms with Gasteiger partial charge in [-0.2, -0.15) is 13.2 Å². The number of nitrogens with one attached hydrogen (secondary N) is 2. The fraction of sp³-hybridized carbons (Fsp3) is 0. The molecule has 0 atom stereocenters. The Morgan fingerprint density at radius 2 is 1.18 bits per heavy atom. The summed E-state index contributed by atoms with van der Waals surface area (Å²) in [5.41, 5.74) is 2.42. The number of aromatic nitrogens is 1. The lowest BCUT2D eigenvalue weighted by Crippen LogP contribution is -1.62. The molecular formula is C12H10N2O2S. The van der Waals surface area contributed by atoms with Gasteiger partial charge in [-0.05, 0) is 12.1 Å². The molecule has 17 heavy (non-hydrogen) atoms. The van der Waals surface area contributed by atoms with Gasteiger partial charge in [-0.3, -0.25) is 0 Å². The van der Waals surface area contributed by atoms with Gasteiger partial charge in [-0.1, -0.05) is 36.4 Å². The van der Waals surface area contributed by atoms with E-state index in [4.69, 9.17) is 13.2 Å². The number of fused-ring (bicyclic) bond motifs is 3. The summed E-state index contributed by atoms with van der Waals surface area (Å²) in [4.78, 5) is 3.38. The minimum atomic E-state index is -2.61. The van der Waals surface area contributed by atoms with Gasteiger partial charge in [0, 0.05) is 21.8 Å². The Balaban J connectivity index is 0.000000239. The first-order valence-corrected chi connectivity index (χ1v) is 6.02. The predicted molar refractivity (Wildman–Crippen MR) is 67.4 cm³/mol. The number of aromatic amines is 1. The van der Waals surface area contributed by atoms with Crippen LogP contribution in [-0.4, -0.2) is 13.4 Å². The van der Waals surface area contributed by atoms with Crippen molar-refractivity contribution in [2.75, 3.05) is 0 Å². The first-order valence-electron chi connectivity index (χ1n) is 4.94. The van der Waals surface area contributed by atoms with Crippen molar-refractivity contribution in [3.05, 3.63) is 48.5 Å². The number of benzene rings is 2. The molecule has 2 N–H and O–H groups in total. The minimum absolute atomic E-state index is 1.21. The Hall–Kier alpha value is -2.14. The van der Waals surface area contributed by atoms with Crippen molar-refractivity contribution in [2.24, 2.45) is 0 Å². The Labute approximate surface area is 99.4 Å². The third kappa shape index (κ3) is 2.51. The molecule has 86 valence electrons. The van der Waals surface area contributed by atoms with E-state index >= 15 is 0 Å². The van der Waals surface area contributed by atoms with Gasteiger partial charge in [0.1, 0.15) is 0 Å². The lowest BCUT2D eigenvalue weighted by Gasteiger charge is -1.87. The Morgan fingerprint density at radius 3 is 1.59 bits per heavy atom. The number of hydrogen-bond donors (Lipinski definition) is 2. The van der Waals surface area contributed by atoms with Gasteiger partial charge >= 0.3 is 10.5 Å². The van der Waals surface area contributed by atoms with E-state index in [1.54, 1.807) is 0 Å². The number of hydrogen-bond acceptors (Lipinski definition) is 3. The Kier molecular flexibility index (Phi) is 3.20. The van der Waals surface area contributed by atoms with Crippen LogP contribution in [0.15, 0.2) is 48.5 Å². The van der Waals surface area contributed by atoms with Gasteiger partial charge < -0.3 is 4.98 Å². The zero-order valence-electron chi connectivity index (χ0n) is 8.84. The number of para-hydroxylation sites is 2. The molecule has 1 heterocycles. The van der Waals surface area contributed by atoms with Crippen molar-refractivity contribution in [1.82, 2.24) is 4.98 Å². The second kappa shape index (κ2) is 4.80. The second-order valence-electron chi connectivity index (χ2n) is 3.45. The van der Waals surface area contributed by atoms with Crippen molar-refractivity contribution >= 4 is 32.3 Å². The van der Waals surface area contributed by atoms with Gasteiger partial charge in [0.2, 0.25) is 0 Å². The number of H-pyrrole nitrogens is 1. The fourth-order valence-electron chi connectivity index (χ4n) is 1.80. The molecule has 4 nitrogen and oxygen atoms in total. The lowest BCUT2D eigenvalue weighted by molar-refractivity contribution is 0.620.